The number of aromatic nitrogens is 4. The van der Waals surface area contributed by atoms with Crippen molar-refractivity contribution in [1.82, 2.24) is 18.9 Å². The average Bonchev–Trinajstić information content (AvgIpc) is 3.90. The standard InChI is InChI=1S/C50H30N4/c1-3-12-31(13-4-1)41-30-42(52-50(51-41)34-14-5-2-6-15-34)32-22-26-35(27-23-32)53-43-20-9-7-17-37(43)39-28-24-33-25-29-45-47(46(33)49(39)53)40-19-11-18-38-36-16-8-10-21-44(36)54(45)48(38)40/h1-30H. The first-order valence-electron chi connectivity index (χ1n) is 18.4. The number of hydrogen-bond donors (Lipinski definition) is 0. The van der Waals surface area contributed by atoms with Crippen molar-refractivity contribution in [3.8, 4) is 39.6 Å². The van der Waals surface area contributed by atoms with E-state index in [1.165, 1.54) is 70.7 Å². The van der Waals surface area contributed by atoms with Crippen LogP contribution in [0.25, 0.3) is 110 Å². The highest BCUT2D eigenvalue weighted by atomic mass is 15.0. The summed E-state index contributed by atoms with van der Waals surface area (Å²) in [6.45, 7) is 0. The predicted octanol–water partition coefficient (Wildman–Crippen LogP) is 12.9. The Kier molecular flexibility index (Phi) is 6.02. The maximum Gasteiger partial charge on any atom is 0.160 e. The Bertz CT molecular complexity index is 3350. The fourth-order valence-electron chi connectivity index (χ4n) is 8.90. The minimum absolute atomic E-state index is 0.715. The van der Waals surface area contributed by atoms with Gasteiger partial charge in [0.1, 0.15) is 0 Å². The lowest BCUT2D eigenvalue weighted by molar-refractivity contribution is 1.17. The van der Waals surface area contributed by atoms with Crippen LogP contribution in [0.3, 0.4) is 0 Å². The van der Waals surface area contributed by atoms with Gasteiger partial charge in [0, 0.05) is 60.1 Å². The second kappa shape index (κ2) is 11.1. The zero-order valence-corrected chi connectivity index (χ0v) is 29.1. The van der Waals surface area contributed by atoms with Gasteiger partial charge in [0.05, 0.1) is 39.0 Å². The Morgan fingerprint density at radius 3 is 1.69 bits per heavy atom. The van der Waals surface area contributed by atoms with Crippen LogP contribution >= 0.6 is 0 Å². The zero-order valence-electron chi connectivity index (χ0n) is 29.1. The van der Waals surface area contributed by atoms with Crippen LogP contribution in [-0.2, 0) is 0 Å². The van der Waals surface area contributed by atoms with Gasteiger partial charge in [-0.1, -0.05) is 146 Å². The summed E-state index contributed by atoms with van der Waals surface area (Å²) in [5, 5.41) is 10.2. The Hall–Kier alpha value is -7.30. The molecule has 4 heteroatoms. The van der Waals surface area contributed by atoms with E-state index in [2.05, 4.69) is 167 Å². The second-order valence-corrected chi connectivity index (χ2v) is 14.2. The van der Waals surface area contributed by atoms with Gasteiger partial charge in [-0.15, -0.1) is 0 Å². The maximum absolute atomic E-state index is 5.11. The smallest absolute Gasteiger partial charge is 0.160 e. The number of hydrogen-bond acceptors (Lipinski definition) is 2. The fraction of sp³-hybridized carbons (Fsp3) is 0. The molecule has 4 aromatic heterocycles. The Morgan fingerprint density at radius 1 is 0.352 bits per heavy atom. The molecule has 4 nitrogen and oxygen atoms in total. The number of fused-ring (bicyclic) bond motifs is 12. The summed E-state index contributed by atoms with van der Waals surface area (Å²) in [4.78, 5) is 10.1. The molecule has 0 radical (unpaired) electrons. The minimum Gasteiger partial charge on any atom is -0.309 e. The van der Waals surface area contributed by atoms with Gasteiger partial charge in [-0.05, 0) is 41.8 Å². The quantitative estimate of drug-likeness (QED) is 0.185. The number of para-hydroxylation sites is 3. The molecule has 0 saturated carbocycles. The van der Waals surface area contributed by atoms with Gasteiger partial charge >= 0.3 is 0 Å². The first kappa shape index (κ1) is 29.3. The minimum atomic E-state index is 0.715. The third-order valence-electron chi connectivity index (χ3n) is 11.2. The summed E-state index contributed by atoms with van der Waals surface area (Å²) in [5.41, 5.74) is 12.2. The van der Waals surface area contributed by atoms with Gasteiger partial charge < -0.3 is 8.97 Å². The van der Waals surface area contributed by atoms with Gasteiger partial charge in [-0.2, -0.15) is 0 Å². The van der Waals surface area contributed by atoms with Gasteiger partial charge in [0.2, 0.25) is 0 Å². The summed E-state index contributed by atoms with van der Waals surface area (Å²) in [6.07, 6.45) is 0. The lowest BCUT2D eigenvalue weighted by Crippen LogP contribution is -1.97. The SMILES string of the molecule is c1ccc(-c2cc(-c3ccc(-n4c5ccccc5c5ccc6ccc7c(c8cccc9c%10ccccc%10n7c98)c6c54)cc3)nc(-c3ccccc3)n2)cc1. The predicted molar refractivity (Wildman–Crippen MR) is 225 cm³/mol. The molecule has 0 atom stereocenters. The lowest BCUT2D eigenvalue weighted by atomic mass is 9.99. The van der Waals surface area contributed by atoms with Gasteiger partial charge in [-0.25, -0.2) is 9.97 Å². The van der Waals surface area contributed by atoms with Gasteiger partial charge in [0.15, 0.2) is 5.82 Å². The summed E-state index contributed by atoms with van der Waals surface area (Å²) in [7, 11) is 0. The highest BCUT2D eigenvalue weighted by molar-refractivity contribution is 6.34. The van der Waals surface area contributed by atoms with Crippen molar-refractivity contribution in [2.75, 3.05) is 0 Å². The lowest BCUT2D eigenvalue weighted by Gasteiger charge is -2.13. The Morgan fingerprint density at radius 2 is 0.926 bits per heavy atom. The highest BCUT2D eigenvalue weighted by Gasteiger charge is 2.22. The summed E-state index contributed by atoms with van der Waals surface area (Å²) >= 11 is 0. The monoisotopic (exact) mass is 686 g/mol. The van der Waals surface area contributed by atoms with Crippen molar-refractivity contribution in [3.63, 3.8) is 0 Å². The van der Waals surface area contributed by atoms with Crippen molar-refractivity contribution >= 4 is 70.7 Å². The maximum atomic E-state index is 5.11. The number of benzene rings is 8. The molecule has 0 spiro atoms. The van der Waals surface area contributed by atoms with E-state index in [0.29, 0.717) is 5.82 Å². The highest BCUT2D eigenvalue weighted by Crippen LogP contribution is 2.45. The van der Waals surface area contributed by atoms with E-state index in [9.17, 15) is 0 Å². The fourth-order valence-corrected chi connectivity index (χ4v) is 8.90. The van der Waals surface area contributed by atoms with E-state index < -0.39 is 0 Å². The molecular weight excluding hydrogens is 657 g/mol. The van der Waals surface area contributed by atoms with E-state index >= 15 is 0 Å². The third-order valence-corrected chi connectivity index (χ3v) is 11.2. The first-order valence-corrected chi connectivity index (χ1v) is 18.4. The summed E-state index contributed by atoms with van der Waals surface area (Å²) in [6, 6.07) is 65.2. The molecule has 8 aromatic carbocycles. The molecule has 250 valence electrons. The van der Waals surface area contributed by atoms with Crippen molar-refractivity contribution in [2.24, 2.45) is 0 Å². The molecule has 0 fully saturated rings. The summed E-state index contributed by atoms with van der Waals surface area (Å²) < 4.78 is 4.94. The molecule has 0 amide bonds. The first-order chi connectivity index (χ1) is 26.8. The van der Waals surface area contributed by atoms with Crippen molar-refractivity contribution in [1.29, 1.82) is 0 Å². The zero-order chi connectivity index (χ0) is 35.3. The van der Waals surface area contributed by atoms with Crippen LogP contribution < -0.4 is 0 Å². The van der Waals surface area contributed by atoms with Crippen LogP contribution in [0.2, 0.25) is 0 Å². The van der Waals surface area contributed by atoms with Gasteiger partial charge in [0.25, 0.3) is 0 Å². The van der Waals surface area contributed by atoms with E-state index in [0.717, 1.165) is 33.8 Å². The van der Waals surface area contributed by atoms with Crippen LogP contribution in [0.5, 0.6) is 0 Å². The average molecular weight is 687 g/mol. The Balaban J connectivity index is 1.12. The van der Waals surface area contributed by atoms with Crippen LogP contribution in [-0.4, -0.2) is 18.9 Å². The van der Waals surface area contributed by atoms with Crippen molar-refractivity contribution < 1.29 is 0 Å². The number of nitrogens with zero attached hydrogens (tertiary/aromatic N) is 4. The molecular formula is C50H30N4. The van der Waals surface area contributed by atoms with Crippen LogP contribution in [0, 0.1) is 0 Å². The largest absolute Gasteiger partial charge is 0.309 e. The third kappa shape index (κ3) is 4.08. The van der Waals surface area contributed by atoms with E-state index in [4.69, 9.17) is 9.97 Å². The number of rotatable bonds is 4. The molecule has 0 N–H and O–H groups in total. The van der Waals surface area contributed by atoms with E-state index in [-0.39, 0.29) is 0 Å². The van der Waals surface area contributed by atoms with Gasteiger partial charge in [-0.3, -0.25) is 0 Å². The molecule has 0 bridgehead atoms. The molecule has 0 unspecified atom stereocenters. The normalized spacial score (nSPS) is 12.1. The van der Waals surface area contributed by atoms with Crippen LogP contribution in [0.15, 0.2) is 182 Å². The molecule has 4 heterocycles. The Labute approximate surface area is 310 Å². The van der Waals surface area contributed by atoms with Crippen molar-refractivity contribution in [3.05, 3.63) is 182 Å². The van der Waals surface area contributed by atoms with Crippen LogP contribution in [0.4, 0.5) is 0 Å². The molecule has 0 saturated heterocycles. The molecule has 0 aliphatic carbocycles. The van der Waals surface area contributed by atoms with Crippen molar-refractivity contribution in [2.45, 2.75) is 0 Å². The molecule has 0 aliphatic rings. The molecule has 0 aliphatic heterocycles. The summed E-state index contributed by atoms with van der Waals surface area (Å²) in [5.74, 6) is 0.715. The van der Waals surface area contributed by atoms with E-state index in [1.54, 1.807) is 0 Å². The van der Waals surface area contributed by atoms with E-state index in [1.807, 2.05) is 24.3 Å². The second-order valence-electron chi connectivity index (χ2n) is 14.2. The molecule has 54 heavy (non-hydrogen) atoms. The molecule has 12 aromatic rings. The van der Waals surface area contributed by atoms with Crippen LogP contribution in [0.1, 0.15) is 0 Å². The topological polar surface area (TPSA) is 35.1 Å². The molecule has 12 rings (SSSR count).